The number of hydrogen-bond acceptors (Lipinski definition) is 5. The molecular weight excluding hydrogens is 384 g/mol. The van der Waals surface area contributed by atoms with Gasteiger partial charge in [-0.3, -0.25) is 20.4 Å². The van der Waals surface area contributed by atoms with Gasteiger partial charge in [-0.2, -0.15) is 5.10 Å². The summed E-state index contributed by atoms with van der Waals surface area (Å²) in [7, 11) is 1.55. The zero-order valence-corrected chi connectivity index (χ0v) is 15.8. The van der Waals surface area contributed by atoms with Crippen molar-refractivity contribution in [2.75, 3.05) is 7.11 Å². The number of aromatic hydroxyl groups is 1. The van der Waals surface area contributed by atoms with Crippen LogP contribution in [-0.4, -0.2) is 33.8 Å². The summed E-state index contributed by atoms with van der Waals surface area (Å²) in [5.41, 5.74) is 6.16. The highest BCUT2D eigenvalue weighted by atomic mass is 35.5. The van der Waals surface area contributed by atoms with Crippen LogP contribution in [0, 0.1) is 6.92 Å². The second kappa shape index (κ2) is 8.01. The molecule has 2 amide bonds. The van der Waals surface area contributed by atoms with Crippen molar-refractivity contribution in [3.05, 3.63) is 70.5 Å². The molecule has 1 heterocycles. The van der Waals surface area contributed by atoms with Gasteiger partial charge in [0.05, 0.1) is 12.7 Å². The molecule has 0 bridgehead atoms. The summed E-state index contributed by atoms with van der Waals surface area (Å²) >= 11 is 5.81. The number of ether oxygens (including phenoxy) is 1. The summed E-state index contributed by atoms with van der Waals surface area (Å²) in [6.07, 6.45) is 1.61. The van der Waals surface area contributed by atoms with E-state index in [-0.39, 0.29) is 22.0 Å². The van der Waals surface area contributed by atoms with E-state index < -0.39 is 11.8 Å². The number of phenolic OH excluding ortho intramolecular Hbond substituents is 1. The molecule has 0 spiro atoms. The van der Waals surface area contributed by atoms with E-state index >= 15 is 0 Å². The SMILES string of the molecule is COc1ccc(C)cc1-n1ccc(C(=O)NNC(=O)c2cc(Cl)ccc2O)n1. The van der Waals surface area contributed by atoms with Crippen LogP contribution in [0.25, 0.3) is 5.69 Å². The smallest absolute Gasteiger partial charge is 0.290 e. The van der Waals surface area contributed by atoms with Crippen molar-refractivity contribution in [2.24, 2.45) is 0 Å². The van der Waals surface area contributed by atoms with Gasteiger partial charge in [0.2, 0.25) is 0 Å². The summed E-state index contributed by atoms with van der Waals surface area (Å²) in [5, 5.41) is 14.2. The number of amides is 2. The van der Waals surface area contributed by atoms with E-state index in [2.05, 4.69) is 16.0 Å². The predicted molar refractivity (Wildman–Crippen MR) is 103 cm³/mol. The van der Waals surface area contributed by atoms with Gasteiger partial charge in [0, 0.05) is 11.2 Å². The Bertz CT molecular complexity index is 1050. The third-order valence-corrected chi connectivity index (χ3v) is 4.13. The third-order valence-electron chi connectivity index (χ3n) is 3.90. The van der Waals surface area contributed by atoms with Crippen LogP contribution in [0.1, 0.15) is 26.4 Å². The van der Waals surface area contributed by atoms with Gasteiger partial charge >= 0.3 is 0 Å². The first kappa shape index (κ1) is 19.2. The van der Waals surface area contributed by atoms with E-state index in [4.69, 9.17) is 16.3 Å². The van der Waals surface area contributed by atoms with Gasteiger partial charge in [0.1, 0.15) is 17.2 Å². The zero-order valence-electron chi connectivity index (χ0n) is 15.1. The van der Waals surface area contributed by atoms with Crippen molar-refractivity contribution in [3.8, 4) is 17.2 Å². The van der Waals surface area contributed by atoms with Crippen molar-refractivity contribution in [1.29, 1.82) is 0 Å². The molecule has 0 saturated carbocycles. The molecule has 0 unspecified atom stereocenters. The number of phenols is 1. The maximum absolute atomic E-state index is 12.3. The molecule has 0 fully saturated rings. The Morgan fingerprint density at radius 3 is 2.61 bits per heavy atom. The van der Waals surface area contributed by atoms with E-state index in [1.165, 1.54) is 28.9 Å². The molecule has 3 aromatic rings. The lowest BCUT2D eigenvalue weighted by Crippen LogP contribution is -2.41. The minimum Gasteiger partial charge on any atom is -0.507 e. The Morgan fingerprint density at radius 1 is 1.11 bits per heavy atom. The average Bonchev–Trinajstić information content (AvgIpc) is 3.18. The van der Waals surface area contributed by atoms with Crippen LogP contribution in [0.3, 0.4) is 0 Å². The fourth-order valence-electron chi connectivity index (χ4n) is 2.49. The molecule has 0 saturated heterocycles. The number of hydrogen-bond donors (Lipinski definition) is 3. The summed E-state index contributed by atoms with van der Waals surface area (Å²) < 4.78 is 6.83. The Balaban J connectivity index is 1.72. The molecule has 0 aliphatic carbocycles. The van der Waals surface area contributed by atoms with Crippen LogP contribution in [-0.2, 0) is 0 Å². The number of hydrazine groups is 1. The predicted octanol–water partition coefficient (Wildman–Crippen LogP) is 2.62. The highest BCUT2D eigenvalue weighted by molar-refractivity contribution is 6.31. The average molecular weight is 401 g/mol. The number of aromatic nitrogens is 2. The number of nitrogens with one attached hydrogen (secondary N) is 2. The van der Waals surface area contributed by atoms with Gasteiger partial charge < -0.3 is 9.84 Å². The number of carbonyl (C=O) groups excluding carboxylic acids is 2. The lowest BCUT2D eigenvalue weighted by Gasteiger charge is -2.09. The Hall–Kier alpha value is -3.52. The number of nitrogens with zero attached hydrogens (tertiary/aromatic N) is 2. The zero-order chi connectivity index (χ0) is 20.3. The quantitative estimate of drug-likeness (QED) is 0.584. The minimum absolute atomic E-state index is 0.0668. The standard InChI is InChI=1S/C19H17ClN4O4/c1-11-3-6-17(28-2)15(9-11)24-8-7-14(23-24)19(27)22-21-18(26)13-10-12(20)4-5-16(13)25/h3-10,25H,1-2H3,(H,21,26)(H,22,27). The normalized spacial score (nSPS) is 10.4. The Labute approximate surface area is 165 Å². The van der Waals surface area contributed by atoms with E-state index in [0.29, 0.717) is 11.4 Å². The minimum atomic E-state index is -0.715. The molecule has 2 aromatic carbocycles. The number of benzene rings is 2. The van der Waals surface area contributed by atoms with Crippen molar-refractivity contribution in [1.82, 2.24) is 20.6 Å². The van der Waals surface area contributed by atoms with Crippen LogP contribution in [0.4, 0.5) is 0 Å². The van der Waals surface area contributed by atoms with E-state index in [0.717, 1.165) is 5.56 Å². The fourth-order valence-corrected chi connectivity index (χ4v) is 2.67. The molecule has 144 valence electrons. The largest absolute Gasteiger partial charge is 0.507 e. The topological polar surface area (TPSA) is 105 Å². The van der Waals surface area contributed by atoms with E-state index in [1.807, 2.05) is 25.1 Å². The molecule has 9 heteroatoms. The number of rotatable bonds is 4. The highest BCUT2D eigenvalue weighted by Gasteiger charge is 2.16. The maximum atomic E-state index is 12.3. The molecular formula is C19H17ClN4O4. The van der Waals surface area contributed by atoms with E-state index in [1.54, 1.807) is 13.3 Å². The monoisotopic (exact) mass is 400 g/mol. The molecule has 1 aromatic heterocycles. The van der Waals surface area contributed by atoms with Crippen LogP contribution in [0.5, 0.6) is 11.5 Å². The molecule has 3 rings (SSSR count). The number of carbonyl (C=O) groups is 2. The van der Waals surface area contributed by atoms with Crippen LogP contribution >= 0.6 is 11.6 Å². The van der Waals surface area contributed by atoms with Crippen LogP contribution in [0.15, 0.2) is 48.7 Å². The summed E-state index contributed by atoms with van der Waals surface area (Å²) in [6.45, 7) is 1.93. The van der Waals surface area contributed by atoms with Crippen molar-refractivity contribution < 1.29 is 19.4 Å². The summed E-state index contributed by atoms with van der Waals surface area (Å²) in [4.78, 5) is 24.4. The number of methoxy groups -OCH3 is 1. The molecule has 0 atom stereocenters. The van der Waals surface area contributed by atoms with E-state index in [9.17, 15) is 14.7 Å². The first-order valence-corrected chi connectivity index (χ1v) is 8.56. The second-order valence-electron chi connectivity index (χ2n) is 5.89. The van der Waals surface area contributed by atoms with Crippen molar-refractivity contribution in [3.63, 3.8) is 0 Å². The van der Waals surface area contributed by atoms with Crippen LogP contribution < -0.4 is 15.6 Å². The molecule has 0 radical (unpaired) electrons. The molecule has 0 aliphatic heterocycles. The number of aryl methyl sites for hydroxylation is 1. The Morgan fingerprint density at radius 2 is 1.86 bits per heavy atom. The maximum Gasteiger partial charge on any atom is 0.290 e. The van der Waals surface area contributed by atoms with Crippen molar-refractivity contribution >= 4 is 23.4 Å². The fraction of sp³-hybridized carbons (Fsp3) is 0.105. The van der Waals surface area contributed by atoms with Gasteiger partial charge in [-0.15, -0.1) is 0 Å². The van der Waals surface area contributed by atoms with Gasteiger partial charge in [0.25, 0.3) is 11.8 Å². The first-order chi connectivity index (χ1) is 13.4. The van der Waals surface area contributed by atoms with Gasteiger partial charge in [0.15, 0.2) is 5.69 Å². The molecule has 8 nitrogen and oxygen atoms in total. The van der Waals surface area contributed by atoms with Crippen LogP contribution in [0.2, 0.25) is 5.02 Å². The van der Waals surface area contributed by atoms with Gasteiger partial charge in [-0.05, 0) is 48.9 Å². The Kier molecular flexibility index (Phi) is 5.51. The molecule has 3 N–H and O–H groups in total. The lowest BCUT2D eigenvalue weighted by molar-refractivity contribution is 0.0842. The van der Waals surface area contributed by atoms with Gasteiger partial charge in [-0.1, -0.05) is 17.7 Å². The second-order valence-corrected chi connectivity index (χ2v) is 6.33. The highest BCUT2D eigenvalue weighted by Crippen LogP contribution is 2.23. The number of halogens is 1. The third kappa shape index (κ3) is 4.07. The molecule has 28 heavy (non-hydrogen) atoms. The summed E-state index contributed by atoms with van der Waals surface area (Å²) in [6, 6.07) is 11.1. The molecule has 0 aliphatic rings. The first-order valence-electron chi connectivity index (χ1n) is 8.19. The lowest BCUT2D eigenvalue weighted by atomic mass is 10.2. The summed E-state index contributed by atoms with van der Waals surface area (Å²) in [5.74, 6) is -0.995. The van der Waals surface area contributed by atoms with Gasteiger partial charge in [-0.25, -0.2) is 4.68 Å². The van der Waals surface area contributed by atoms with Crippen molar-refractivity contribution in [2.45, 2.75) is 6.92 Å².